The molecule has 7 heteroatoms. The molecule has 1 aromatic rings. The van der Waals surface area contributed by atoms with E-state index in [0.717, 1.165) is 25.7 Å². The van der Waals surface area contributed by atoms with Crippen LogP contribution in [0.15, 0.2) is 24.3 Å². The predicted octanol–water partition coefficient (Wildman–Crippen LogP) is 5.58. The van der Waals surface area contributed by atoms with Gasteiger partial charge in [0.25, 0.3) is 0 Å². The first-order valence-electron chi connectivity index (χ1n) is 13.5. The smallest absolute Gasteiger partial charge is 0.408 e. The van der Waals surface area contributed by atoms with Gasteiger partial charge in [-0.1, -0.05) is 64.5 Å². The van der Waals surface area contributed by atoms with Gasteiger partial charge in [-0.05, 0) is 64.7 Å². The average Bonchev–Trinajstić information content (AvgIpc) is 2.82. The van der Waals surface area contributed by atoms with Crippen LogP contribution in [0.4, 0.5) is 4.79 Å². The van der Waals surface area contributed by atoms with Gasteiger partial charge in [0, 0.05) is 18.2 Å². The Bertz CT molecular complexity index is 912. The number of carbonyl (C=O) groups is 3. The molecule has 0 radical (unpaired) electrons. The van der Waals surface area contributed by atoms with Crippen molar-refractivity contribution in [1.82, 2.24) is 15.5 Å². The van der Waals surface area contributed by atoms with Crippen molar-refractivity contribution in [3.05, 3.63) is 35.4 Å². The summed E-state index contributed by atoms with van der Waals surface area (Å²) in [6.07, 6.45) is 9.31. The van der Waals surface area contributed by atoms with Gasteiger partial charge in [-0.15, -0.1) is 6.42 Å². The summed E-state index contributed by atoms with van der Waals surface area (Å²) in [6.45, 7) is 15.5. The highest BCUT2D eigenvalue weighted by Gasteiger charge is 2.38. The van der Waals surface area contributed by atoms with E-state index in [-0.39, 0.29) is 23.8 Å². The zero-order valence-corrected chi connectivity index (χ0v) is 24.0. The molecule has 0 fully saturated rings. The van der Waals surface area contributed by atoms with Crippen LogP contribution in [0.2, 0.25) is 0 Å². The van der Waals surface area contributed by atoms with Crippen molar-refractivity contribution in [3.8, 4) is 12.3 Å². The third kappa shape index (κ3) is 10.9. The number of ether oxygens (including phenoxy) is 1. The first kappa shape index (κ1) is 32.0. The average molecular weight is 514 g/mol. The summed E-state index contributed by atoms with van der Waals surface area (Å²) in [5.41, 5.74) is 0.656. The fourth-order valence-electron chi connectivity index (χ4n) is 3.97. The molecule has 0 aliphatic heterocycles. The number of carbonyl (C=O) groups excluding carboxylic acids is 3. The fourth-order valence-corrected chi connectivity index (χ4v) is 3.97. The number of hydrogen-bond acceptors (Lipinski definition) is 4. The van der Waals surface area contributed by atoms with Gasteiger partial charge in [0.05, 0.1) is 0 Å². The molecule has 0 heterocycles. The van der Waals surface area contributed by atoms with Gasteiger partial charge in [-0.3, -0.25) is 9.59 Å². The number of rotatable bonds is 13. The van der Waals surface area contributed by atoms with Gasteiger partial charge in [-0.25, -0.2) is 4.79 Å². The monoisotopic (exact) mass is 513 g/mol. The van der Waals surface area contributed by atoms with Gasteiger partial charge in [0.15, 0.2) is 0 Å². The molecule has 3 amide bonds. The molecule has 0 spiro atoms. The fraction of sp³-hybridized carbons (Fsp3) is 0.633. The molecular formula is C30H47N3O4. The molecule has 1 rings (SSSR count). The maximum Gasteiger partial charge on any atom is 0.408 e. The van der Waals surface area contributed by atoms with Crippen LogP contribution in [0.3, 0.4) is 0 Å². The molecule has 0 saturated carbocycles. The summed E-state index contributed by atoms with van der Waals surface area (Å²) in [5, 5.41) is 5.78. The van der Waals surface area contributed by atoms with Crippen LogP contribution in [0.5, 0.6) is 0 Å². The standard InChI is InChI=1S/C30H47N3O4/c1-10-13-14-15-20-33(28(35)25(22(6)11-2)32-29(36)37-30(7,8)9)26(27(34)31-21(4)5)24-18-16-23(12-3)17-19-24/h3,16-19,21-22,25-26H,10-11,13-15,20H2,1-2,4-9H3,(H,31,34)(H,32,36). The molecule has 0 aromatic heterocycles. The van der Waals surface area contributed by atoms with Crippen LogP contribution in [0.1, 0.15) is 105 Å². The number of nitrogens with one attached hydrogen (secondary N) is 2. The van der Waals surface area contributed by atoms with Gasteiger partial charge < -0.3 is 20.3 Å². The maximum absolute atomic E-state index is 14.2. The summed E-state index contributed by atoms with van der Waals surface area (Å²) >= 11 is 0. The number of amides is 3. The normalized spacial score (nSPS) is 13.7. The van der Waals surface area contributed by atoms with E-state index in [4.69, 9.17) is 11.2 Å². The van der Waals surface area contributed by atoms with Crippen LogP contribution < -0.4 is 10.6 Å². The van der Waals surface area contributed by atoms with Crippen molar-refractivity contribution in [3.63, 3.8) is 0 Å². The Labute approximate surface area is 224 Å². The lowest BCUT2D eigenvalue weighted by Gasteiger charge is -2.36. The predicted molar refractivity (Wildman–Crippen MR) is 149 cm³/mol. The van der Waals surface area contributed by atoms with E-state index in [1.807, 2.05) is 27.7 Å². The van der Waals surface area contributed by atoms with Crippen LogP contribution >= 0.6 is 0 Å². The second-order valence-corrected chi connectivity index (χ2v) is 10.9. The summed E-state index contributed by atoms with van der Waals surface area (Å²) in [5.74, 6) is 1.85. The minimum Gasteiger partial charge on any atom is -0.444 e. The van der Waals surface area contributed by atoms with Gasteiger partial charge in [-0.2, -0.15) is 0 Å². The molecule has 1 aromatic carbocycles. The SMILES string of the molecule is C#Cc1ccc(C(C(=O)NC(C)C)N(CCCCCC)C(=O)C(NC(=O)OC(C)(C)C)C(C)CC)cc1. The Morgan fingerprint density at radius 1 is 1.00 bits per heavy atom. The summed E-state index contributed by atoms with van der Waals surface area (Å²) in [4.78, 5) is 42.1. The third-order valence-electron chi connectivity index (χ3n) is 6.07. The Kier molecular flexibility index (Phi) is 13.2. The minimum absolute atomic E-state index is 0.109. The number of hydrogen-bond donors (Lipinski definition) is 2. The largest absolute Gasteiger partial charge is 0.444 e. The van der Waals surface area contributed by atoms with E-state index in [2.05, 4.69) is 23.5 Å². The van der Waals surface area contributed by atoms with E-state index in [0.29, 0.717) is 24.1 Å². The summed E-state index contributed by atoms with van der Waals surface area (Å²) in [7, 11) is 0. The van der Waals surface area contributed by atoms with Gasteiger partial charge >= 0.3 is 6.09 Å². The zero-order valence-electron chi connectivity index (χ0n) is 24.0. The second kappa shape index (κ2) is 15.3. The molecule has 206 valence electrons. The quantitative estimate of drug-likeness (QED) is 0.266. The van der Waals surface area contributed by atoms with Crippen LogP contribution in [0.25, 0.3) is 0 Å². The van der Waals surface area contributed by atoms with Crippen LogP contribution in [-0.2, 0) is 14.3 Å². The molecule has 37 heavy (non-hydrogen) atoms. The maximum atomic E-state index is 14.2. The number of alkyl carbamates (subject to hydrolysis) is 1. The molecule has 2 N–H and O–H groups in total. The van der Waals surface area contributed by atoms with Crippen molar-refractivity contribution >= 4 is 17.9 Å². The van der Waals surface area contributed by atoms with Gasteiger partial charge in [0.1, 0.15) is 17.7 Å². The Balaban J connectivity index is 3.52. The third-order valence-corrected chi connectivity index (χ3v) is 6.07. The highest BCUT2D eigenvalue weighted by Crippen LogP contribution is 2.26. The van der Waals surface area contributed by atoms with E-state index >= 15 is 0 Å². The molecule has 3 atom stereocenters. The van der Waals surface area contributed by atoms with E-state index < -0.39 is 23.8 Å². The minimum atomic E-state index is -0.865. The number of benzene rings is 1. The Morgan fingerprint density at radius 2 is 1.62 bits per heavy atom. The highest BCUT2D eigenvalue weighted by atomic mass is 16.6. The molecule has 0 saturated heterocycles. The van der Waals surface area contributed by atoms with Crippen LogP contribution in [0, 0.1) is 18.3 Å². The molecule has 3 unspecified atom stereocenters. The molecule has 0 bridgehead atoms. The lowest BCUT2D eigenvalue weighted by molar-refractivity contribution is -0.143. The van der Waals surface area contributed by atoms with Crippen molar-refractivity contribution in [1.29, 1.82) is 0 Å². The van der Waals surface area contributed by atoms with E-state index in [9.17, 15) is 14.4 Å². The van der Waals surface area contributed by atoms with E-state index in [1.54, 1.807) is 49.9 Å². The lowest BCUT2D eigenvalue weighted by atomic mass is 9.95. The number of nitrogens with zero attached hydrogens (tertiary/aromatic N) is 1. The Morgan fingerprint density at radius 3 is 2.11 bits per heavy atom. The van der Waals surface area contributed by atoms with Crippen molar-refractivity contribution in [2.75, 3.05) is 6.54 Å². The lowest BCUT2D eigenvalue weighted by Crippen LogP contribution is -2.55. The number of terminal acetylenes is 1. The second-order valence-electron chi connectivity index (χ2n) is 10.9. The summed E-state index contributed by atoms with van der Waals surface area (Å²) in [6, 6.07) is 5.33. The molecule has 0 aliphatic carbocycles. The molecule has 0 aliphatic rings. The first-order chi connectivity index (χ1) is 17.3. The zero-order chi connectivity index (χ0) is 28.2. The molecule has 7 nitrogen and oxygen atoms in total. The van der Waals surface area contributed by atoms with Crippen molar-refractivity contribution in [2.24, 2.45) is 5.92 Å². The van der Waals surface area contributed by atoms with E-state index in [1.165, 1.54) is 0 Å². The Hall–Kier alpha value is -3.01. The van der Waals surface area contributed by atoms with Crippen LogP contribution in [-0.4, -0.2) is 47.0 Å². The number of unbranched alkanes of at least 4 members (excludes halogenated alkanes) is 3. The molecular weight excluding hydrogens is 466 g/mol. The highest BCUT2D eigenvalue weighted by molar-refractivity contribution is 5.92. The topological polar surface area (TPSA) is 87.7 Å². The first-order valence-corrected chi connectivity index (χ1v) is 13.5. The van der Waals surface area contributed by atoms with Gasteiger partial charge in [0.2, 0.25) is 11.8 Å². The van der Waals surface area contributed by atoms with Crippen molar-refractivity contribution < 1.29 is 19.1 Å². The summed E-state index contributed by atoms with van der Waals surface area (Å²) < 4.78 is 5.46. The van der Waals surface area contributed by atoms with Crippen molar-refractivity contribution in [2.45, 2.75) is 111 Å².